The summed E-state index contributed by atoms with van der Waals surface area (Å²) in [5.41, 5.74) is 2.64. The summed E-state index contributed by atoms with van der Waals surface area (Å²) in [6, 6.07) is 8.72. The van der Waals surface area contributed by atoms with Crippen molar-refractivity contribution >= 4 is 29.9 Å². The van der Waals surface area contributed by atoms with E-state index in [1.165, 1.54) is 17.5 Å². The van der Waals surface area contributed by atoms with Gasteiger partial charge in [-0.25, -0.2) is 0 Å². The van der Waals surface area contributed by atoms with Gasteiger partial charge in [-0.05, 0) is 37.7 Å². The lowest BCUT2D eigenvalue weighted by Crippen LogP contribution is -2.39. The average molecular weight is 475 g/mol. The van der Waals surface area contributed by atoms with E-state index in [-0.39, 0.29) is 24.0 Å². The van der Waals surface area contributed by atoms with E-state index < -0.39 is 0 Å². The van der Waals surface area contributed by atoms with Gasteiger partial charge < -0.3 is 20.1 Å². The lowest BCUT2D eigenvalue weighted by molar-refractivity contribution is 0.0168. The van der Waals surface area contributed by atoms with Crippen LogP contribution in [0, 0.1) is 6.92 Å². The first-order valence-corrected chi connectivity index (χ1v) is 9.39. The van der Waals surface area contributed by atoms with Crippen LogP contribution in [0.2, 0.25) is 0 Å². The predicted octanol–water partition coefficient (Wildman–Crippen LogP) is 3.47. The summed E-state index contributed by atoms with van der Waals surface area (Å²) in [7, 11) is 1.81. The third-order valence-corrected chi connectivity index (χ3v) is 4.53. The number of guanidine groups is 1. The van der Waals surface area contributed by atoms with Crippen molar-refractivity contribution in [2.24, 2.45) is 4.99 Å². The molecular weight excluding hydrogens is 441 g/mol. The van der Waals surface area contributed by atoms with Gasteiger partial charge in [-0.15, -0.1) is 24.0 Å². The van der Waals surface area contributed by atoms with Crippen molar-refractivity contribution in [2.75, 3.05) is 40.0 Å². The zero-order chi connectivity index (χ0) is 17.9. The van der Waals surface area contributed by atoms with Crippen molar-refractivity contribution in [3.63, 3.8) is 0 Å². The monoisotopic (exact) mass is 475 g/mol. The molecule has 6 heteroatoms. The molecule has 0 radical (unpaired) electrons. The highest BCUT2D eigenvalue weighted by Crippen LogP contribution is 2.14. The molecule has 148 valence electrons. The second kappa shape index (κ2) is 13.3. The van der Waals surface area contributed by atoms with Crippen molar-refractivity contribution in [1.29, 1.82) is 0 Å². The largest absolute Gasteiger partial charge is 0.379 e. The Hall–Kier alpha value is -0.860. The molecule has 2 unspecified atom stereocenters. The minimum atomic E-state index is 0. The van der Waals surface area contributed by atoms with Crippen molar-refractivity contribution in [2.45, 2.75) is 45.1 Å². The molecule has 26 heavy (non-hydrogen) atoms. The predicted molar refractivity (Wildman–Crippen MR) is 119 cm³/mol. The Balaban J connectivity index is 0.00000338. The zero-order valence-corrected chi connectivity index (χ0v) is 18.6. The molecule has 0 aliphatic carbocycles. The number of ether oxygens (including phenoxy) is 2. The van der Waals surface area contributed by atoms with Gasteiger partial charge >= 0.3 is 0 Å². The van der Waals surface area contributed by atoms with E-state index >= 15 is 0 Å². The first-order chi connectivity index (χ1) is 12.2. The van der Waals surface area contributed by atoms with Gasteiger partial charge in [0.1, 0.15) is 0 Å². The third kappa shape index (κ3) is 8.68. The first-order valence-electron chi connectivity index (χ1n) is 9.39. The van der Waals surface area contributed by atoms with Crippen molar-refractivity contribution < 1.29 is 9.47 Å². The number of rotatable bonds is 9. The van der Waals surface area contributed by atoms with E-state index in [0.717, 1.165) is 51.7 Å². The second-order valence-corrected chi connectivity index (χ2v) is 6.76. The lowest BCUT2D eigenvalue weighted by Gasteiger charge is -2.17. The number of benzene rings is 1. The second-order valence-electron chi connectivity index (χ2n) is 6.76. The van der Waals surface area contributed by atoms with E-state index in [2.05, 4.69) is 53.7 Å². The molecule has 1 aliphatic rings. The maximum absolute atomic E-state index is 5.67. The molecule has 0 aromatic heterocycles. The standard InChI is InChI=1S/C20H33N3O2.HI/c1-16-7-9-18(10-8-16)17(2)14-23-20(21-3)22-11-5-12-24-15-19-6-4-13-25-19;/h7-10,17,19H,4-6,11-15H2,1-3H3,(H2,21,22,23);1H. The minimum absolute atomic E-state index is 0. The molecule has 0 bridgehead atoms. The quantitative estimate of drug-likeness (QED) is 0.249. The molecule has 1 aliphatic heterocycles. The molecule has 1 aromatic carbocycles. The van der Waals surface area contributed by atoms with Gasteiger partial charge in [-0.1, -0.05) is 36.8 Å². The van der Waals surface area contributed by atoms with Crippen LogP contribution in [-0.2, 0) is 9.47 Å². The van der Waals surface area contributed by atoms with Crippen LogP contribution in [0.5, 0.6) is 0 Å². The third-order valence-electron chi connectivity index (χ3n) is 4.53. The van der Waals surface area contributed by atoms with Gasteiger partial charge in [0.05, 0.1) is 12.7 Å². The fourth-order valence-electron chi connectivity index (χ4n) is 2.85. The number of aryl methyl sites for hydroxylation is 1. The summed E-state index contributed by atoms with van der Waals surface area (Å²) in [5.74, 6) is 1.28. The molecule has 2 N–H and O–H groups in total. The fourth-order valence-corrected chi connectivity index (χ4v) is 2.85. The molecule has 1 heterocycles. The Kier molecular flexibility index (Phi) is 11.9. The van der Waals surface area contributed by atoms with Gasteiger partial charge in [0.2, 0.25) is 0 Å². The van der Waals surface area contributed by atoms with Gasteiger partial charge in [0.15, 0.2) is 5.96 Å². The molecule has 0 amide bonds. The summed E-state index contributed by atoms with van der Waals surface area (Å²) in [5, 5.41) is 6.74. The maximum Gasteiger partial charge on any atom is 0.190 e. The molecule has 0 spiro atoms. The van der Waals surface area contributed by atoms with E-state index in [9.17, 15) is 0 Å². The summed E-state index contributed by atoms with van der Waals surface area (Å²) in [6.07, 6.45) is 3.57. The SMILES string of the molecule is CN=C(NCCCOCC1CCCO1)NCC(C)c1ccc(C)cc1.I. The number of halogens is 1. The normalized spacial score (nSPS) is 18.3. The van der Waals surface area contributed by atoms with Crippen LogP contribution < -0.4 is 10.6 Å². The van der Waals surface area contributed by atoms with E-state index in [1.54, 1.807) is 7.05 Å². The highest BCUT2D eigenvalue weighted by molar-refractivity contribution is 14.0. The number of hydrogen-bond acceptors (Lipinski definition) is 3. The van der Waals surface area contributed by atoms with E-state index in [4.69, 9.17) is 9.47 Å². The van der Waals surface area contributed by atoms with Crippen molar-refractivity contribution in [1.82, 2.24) is 10.6 Å². The van der Waals surface area contributed by atoms with Crippen LogP contribution in [0.4, 0.5) is 0 Å². The Morgan fingerprint density at radius 3 is 2.73 bits per heavy atom. The summed E-state index contributed by atoms with van der Waals surface area (Å²) < 4.78 is 11.2. The van der Waals surface area contributed by atoms with Crippen molar-refractivity contribution in [3.05, 3.63) is 35.4 Å². The number of nitrogens with zero attached hydrogens (tertiary/aromatic N) is 1. The van der Waals surface area contributed by atoms with Crippen LogP contribution in [0.1, 0.15) is 43.2 Å². The number of nitrogens with one attached hydrogen (secondary N) is 2. The first kappa shape index (κ1) is 23.2. The Labute approximate surface area is 175 Å². The average Bonchev–Trinajstić information content (AvgIpc) is 3.14. The van der Waals surface area contributed by atoms with Gasteiger partial charge in [-0.2, -0.15) is 0 Å². The summed E-state index contributed by atoms with van der Waals surface area (Å²) in [6.45, 7) is 8.42. The molecule has 2 atom stereocenters. The molecule has 1 aromatic rings. The minimum Gasteiger partial charge on any atom is -0.379 e. The Morgan fingerprint density at radius 1 is 1.31 bits per heavy atom. The van der Waals surface area contributed by atoms with Gasteiger partial charge in [0, 0.05) is 33.4 Å². The molecule has 2 rings (SSSR count). The van der Waals surface area contributed by atoms with E-state index in [0.29, 0.717) is 12.0 Å². The fraction of sp³-hybridized carbons (Fsp3) is 0.650. The van der Waals surface area contributed by atoms with Crippen LogP contribution in [0.25, 0.3) is 0 Å². The number of hydrogen-bond donors (Lipinski definition) is 2. The van der Waals surface area contributed by atoms with Gasteiger partial charge in [0.25, 0.3) is 0 Å². The van der Waals surface area contributed by atoms with Crippen LogP contribution >= 0.6 is 24.0 Å². The highest BCUT2D eigenvalue weighted by atomic mass is 127. The van der Waals surface area contributed by atoms with Gasteiger partial charge in [-0.3, -0.25) is 4.99 Å². The molecule has 0 saturated carbocycles. The zero-order valence-electron chi connectivity index (χ0n) is 16.3. The van der Waals surface area contributed by atoms with Crippen LogP contribution in [0.15, 0.2) is 29.3 Å². The van der Waals surface area contributed by atoms with E-state index in [1.807, 2.05) is 0 Å². The van der Waals surface area contributed by atoms with Crippen LogP contribution in [-0.4, -0.2) is 52.0 Å². The summed E-state index contributed by atoms with van der Waals surface area (Å²) in [4.78, 5) is 4.28. The van der Waals surface area contributed by atoms with Crippen LogP contribution in [0.3, 0.4) is 0 Å². The summed E-state index contributed by atoms with van der Waals surface area (Å²) >= 11 is 0. The molecule has 1 fully saturated rings. The highest BCUT2D eigenvalue weighted by Gasteiger charge is 2.14. The lowest BCUT2D eigenvalue weighted by atomic mass is 10.0. The molecule has 1 saturated heterocycles. The smallest absolute Gasteiger partial charge is 0.190 e. The topological polar surface area (TPSA) is 54.9 Å². The Morgan fingerprint density at radius 2 is 2.08 bits per heavy atom. The molecule has 5 nitrogen and oxygen atoms in total. The maximum atomic E-state index is 5.67. The Bertz CT molecular complexity index is 516. The van der Waals surface area contributed by atoms with Crippen molar-refractivity contribution in [3.8, 4) is 0 Å². The molecular formula is C20H34IN3O2. The number of aliphatic imine (C=N–C) groups is 1.